The largest absolute Gasteiger partial charge is 0.508 e. The number of carbonyl (C=O) groups excluding carboxylic acids is 2. The molecule has 1 saturated heterocycles. The van der Waals surface area contributed by atoms with Gasteiger partial charge in [0, 0.05) is 18.9 Å². The topological polar surface area (TPSA) is 154 Å². The number of phenolic OH excluding ortho intramolecular Hbond substituents is 1. The molecule has 0 saturated carbocycles. The van der Waals surface area contributed by atoms with E-state index in [4.69, 9.17) is 23.4 Å². The third-order valence-corrected chi connectivity index (χ3v) is 6.35. The fourth-order valence-electron chi connectivity index (χ4n) is 4.39. The normalized spacial score (nSPS) is 23.2. The van der Waals surface area contributed by atoms with Crippen LogP contribution in [-0.2, 0) is 25.4 Å². The number of fused-ring (bicyclic) bond motifs is 1. The first-order valence-corrected chi connectivity index (χ1v) is 12.0. The second-order valence-electron chi connectivity index (χ2n) is 8.98. The van der Waals surface area contributed by atoms with Gasteiger partial charge in [0.25, 0.3) is 0 Å². The molecule has 1 fully saturated rings. The van der Waals surface area contributed by atoms with E-state index in [9.17, 15) is 24.9 Å². The molecule has 0 radical (unpaired) electrons. The van der Waals surface area contributed by atoms with Crippen LogP contribution in [0.4, 0.5) is 4.79 Å². The number of aliphatic hydroxyl groups excluding tert-OH is 2. The van der Waals surface area contributed by atoms with Gasteiger partial charge in [-0.25, -0.2) is 4.79 Å². The first-order chi connectivity index (χ1) is 18.2. The van der Waals surface area contributed by atoms with E-state index in [1.54, 1.807) is 19.3 Å². The SMILES string of the molecule is COC(=O)OC[C@H]1O[C@@H](Oc2cc(C)cc(O)c2C(=O)CCc2ccc3occc3c2)C(OC)[C@@H](O)[C@@H]1O. The molecule has 2 heterocycles. The number of methoxy groups -OCH3 is 2. The number of hydrogen-bond acceptors (Lipinski definition) is 11. The third-order valence-electron chi connectivity index (χ3n) is 6.35. The highest BCUT2D eigenvalue weighted by Gasteiger charge is 2.47. The maximum absolute atomic E-state index is 13.3. The average molecular weight is 531 g/mol. The zero-order chi connectivity index (χ0) is 27.4. The lowest BCUT2D eigenvalue weighted by Gasteiger charge is -2.41. The van der Waals surface area contributed by atoms with Gasteiger partial charge in [-0.1, -0.05) is 6.07 Å². The summed E-state index contributed by atoms with van der Waals surface area (Å²) in [5, 5.41) is 32.6. The summed E-state index contributed by atoms with van der Waals surface area (Å²) in [7, 11) is 2.42. The third kappa shape index (κ3) is 5.91. The van der Waals surface area contributed by atoms with Gasteiger partial charge < -0.3 is 43.4 Å². The second-order valence-corrected chi connectivity index (χ2v) is 8.98. The van der Waals surface area contributed by atoms with Gasteiger partial charge in [-0.05, 0) is 54.8 Å². The molecule has 1 aromatic heterocycles. The summed E-state index contributed by atoms with van der Waals surface area (Å²) in [4.78, 5) is 24.7. The van der Waals surface area contributed by atoms with Crippen molar-refractivity contribution in [1.82, 2.24) is 0 Å². The van der Waals surface area contributed by atoms with Crippen LogP contribution in [0.25, 0.3) is 11.0 Å². The smallest absolute Gasteiger partial charge is 0.507 e. The predicted molar refractivity (Wildman–Crippen MR) is 132 cm³/mol. The maximum Gasteiger partial charge on any atom is 0.508 e. The molecular formula is C27H30O11. The number of hydrogen-bond donors (Lipinski definition) is 3. The Bertz CT molecular complexity index is 1280. The van der Waals surface area contributed by atoms with Crippen LogP contribution < -0.4 is 4.74 Å². The van der Waals surface area contributed by atoms with Crippen molar-refractivity contribution in [3.8, 4) is 11.5 Å². The first-order valence-electron chi connectivity index (χ1n) is 12.0. The van der Waals surface area contributed by atoms with E-state index in [1.807, 2.05) is 24.3 Å². The number of aromatic hydroxyl groups is 1. The van der Waals surface area contributed by atoms with Gasteiger partial charge in [0.2, 0.25) is 6.29 Å². The van der Waals surface area contributed by atoms with Crippen LogP contribution in [0.3, 0.4) is 0 Å². The van der Waals surface area contributed by atoms with Gasteiger partial charge in [-0.2, -0.15) is 0 Å². The summed E-state index contributed by atoms with van der Waals surface area (Å²) in [5.74, 6) is -0.631. The fourth-order valence-corrected chi connectivity index (χ4v) is 4.39. The Morgan fingerprint density at radius 2 is 1.84 bits per heavy atom. The van der Waals surface area contributed by atoms with Crippen molar-refractivity contribution in [2.24, 2.45) is 0 Å². The molecule has 0 aliphatic carbocycles. The van der Waals surface area contributed by atoms with E-state index < -0.39 is 43.5 Å². The van der Waals surface area contributed by atoms with Crippen LogP contribution in [0.2, 0.25) is 0 Å². The Balaban J connectivity index is 1.54. The Morgan fingerprint density at radius 1 is 1.05 bits per heavy atom. The second kappa shape index (κ2) is 11.8. The standard InChI is InChI=1S/C27H30O11/c1-14-10-18(29)22(17(28)6-4-15-5-7-19-16(12-15)8-9-35-19)20(11-14)37-26-25(33-2)24(31)23(30)21(38-26)13-36-27(32)34-3/h5,7-12,21,23-26,29-31H,4,6,13H2,1-3H3/t21-,23-,24+,25?,26-/m1/s1. The van der Waals surface area contributed by atoms with Crippen LogP contribution in [0, 0.1) is 6.92 Å². The number of ether oxygens (including phenoxy) is 5. The molecule has 3 N–H and O–H groups in total. The number of ketones is 1. The summed E-state index contributed by atoms with van der Waals surface area (Å²) in [6, 6.07) is 10.5. The van der Waals surface area contributed by atoms with Crippen LogP contribution >= 0.6 is 0 Å². The number of furan rings is 1. The Hall–Kier alpha value is -3.64. The molecule has 0 amide bonds. The van der Waals surface area contributed by atoms with Crippen molar-refractivity contribution < 1.29 is 53.0 Å². The van der Waals surface area contributed by atoms with Gasteiger partial charge in [0.05, 0.1) is 13.4 Å². The molecule has 0 spiro atoms. The molecule has 38 heavy (non-hydrogen) atoms. The molecule has 1 unspecified atom stereocenters. The van der Waals surface area contributed by atoms with Crippen molar-refractivity contribution in [3.63, 3.8) is 0 Å². The van der Waals surface area contributed by atoms with Crippen LogP contribution in [0.5, 0.6) is 11.5 Å². The molecule has 4 rings (SSSR count). The number of benzene rings is 2. The Morgan fingerprint density at radius 3 is 2.58 bits per heavy atom. The Labute approximate surface area is 218 Å². The van der Waals surface area contributed by atoms with Gasteiger partial charge in [0.15, 0.2) is 5.78 Å². The van der Waals surface area contributed by atoms with E-state index in [0.29, 0.717) is 12.0 Å². The van der Waals surface area contributed by atoms with E-state index in [0.717, 1.165) is 23.6 Å². The molecule has 3 aromatic rings. The first kappa shape index (κ1) is 27.4. The van der Waals surface area contributed by atoms with Crippen LogP contribution in [-0.4, -0.2) is 78.8 Å². The minimum Gasteiger partial charge on any atom is -0.507 e. The zero-order valence-electron chi connectivity index (χ0n) is 21.2. The van der Waals surface area contributed by atoms with Crippen molar-refractivity contribution in [1.29, 1.82) is 0 Å². The van der Waals surface area contributed by atoms with Gasteiger partial charge >= 0.3 is 6.16 Å². The highest BCUT2D eigenvalue weighted by atomic mass is 16.7. The fraction of sp³-hybridized carbons (Fsp3) is 0.407. The highest BCUT2D eigenvalue weighted by molar-refractivity contribution is 6.01. The van der Waals surface area contributed by atoms with Gasteiger partial charge in [0.1, 0.15) is 53.7 Å². The van der Waals surface area contributed by atoms with Crippen molar-refractivity contribution in [3.05, 3.63) is 59.4 Å². The molecule has 1 aliphatic rings. The molecule has 11 nitrogen and oxygen atoms in total. The summed E-state index contributed by atoms with van der Waals surface area (Å²) in [6.45, 7) is 1.27. The number of phenols is 1. The number of aryl methyl sites for hydroxylation is 2. The van der Waals surface area contributed by atoms with Crippen molar-refractivity contribution >= 4 is 22.9 Å². The number of Topliss-reactive ketones (excluding diaryl/α,β-unsaturated/α-hetero) is 1. The van der Waals surface area contributed by atoms with Crippen LogP contribution in [0.1, 0.15) is 27.9 Å². The summed E-state index contributed by atoms with van der Waals surface area (Å²) >= 11 is 0. The lowest BCUT2D eigenvalue weighted by molar-refractivity contribution is -0.283. The molecule has 0 bridgehead atoms. The quantitative estimate of drug-likeness (QED) is 0.276. The number of aliphatic hydroxyl groups is 2. The lowest BCUT2D eigenvalue weighted by Crippen LogP contribution is -2.61. The molecule has 204 valence electrons. The summed E-state index contributed by atoms with van der Waals surface area (Å²) in [6.07, 6.45) is -5.52. The monoisotopic (exact) mass is 530 g/mol. The molecule has 2 aromatic carbocycles. The summed E-state index contributed by atoms with van der Waals surface area (Å²) in [5.41, 5.74) is 2.22. The Kier molecular flexibility index (Phi) is 8.52. The van der Waals surface area contributed by atoms with E-state index >= 15 is 0 Å². The van der Waals surface area contributed by atoms with Crippen molar-refractivity contribution in [2.75, 3.05) is 20.8 Å². The zero-order valence-corrected chi connectivity index (χ0v) is 21.2. The number of rotatable bonds is 9. The van der Waals surface area contributed by atoms with E-state index in [-0.39, 0.29) is 29.3 Å². The van der Waals surface area contributed by atoms with Gasteiger partial charge in [-0.15, -0.1) is 0 Å². The van der Waals surface area contributed by atoms with E-state index in [2.05, 4.69) is 4.74 Å². The maximum atomic E-state index is 13.3. The molecular weight excluding hydrogens is 500 g/mol. The predicted octanol–water partition coefficient (Wildman–Crippen LogP) is 2.89. The van der Waals surface area contributed by atoms with E-state index in [1.165, 1.54) is 13.2 Å². The summed E-state index contributed by atoms with van der Waals surface area (Å²) < 4.78 is 31.7. The lowest BCUT2D eigenvalue weighted by atomic mass is 9.98. The highest BCUT2D eigenvalue weighted by Crippen LogP contribution is 2.34. The minimum atomic E-state index is -1.47. The van der Waals surface area contributed by atoms with Crippen LogP contribution in [0.15, 0.2) is 47.1 Å². The molecule has 1 aliphatic heterocycles. The average Bonchev–Trinajstić information content (AvgIpc) is 3.36. The van der Waals surface area contributed by atoms with Gasteiger partial charge in [-0.3, -0.25) is 4.79 Å². The molecule has 5 atom stereocenters. The number of carbonyl (C=O) groups is 2. The minimum absolute atomic E-state index is 0.0149. The van der Waals surface area contributed by atoms with Crippen molar-refractivity contribution in [2.45, 2.75) is 50.5 Å². The molecule has 11 heteroatoms.